The minimum absolute atomic E-state index is 0. The second-order valence-electron chi connectivity index (χ2n) is 5.49. The maximum Gasteiger partial charge on any atom is 0.252 e. The van der Waals surface area contributed by atoms with E-state index >= 15 is 0 Å². The van der Waals surface area contributed by atoms with E-state index in [9.17, 15) is 9.59 Å². The van der Waals surface area contributed by atoms with Crippen molar-refractivity contribution in [3.8, 4) is 0 Å². The molecule has 2 aliphatic carbocycles. The molecule has 21 heavy (non-hydrogen) atoms. The van der Waals surface area contributed by atoms with Crippen LogP contribution in [0.4, 0.5) is 5.69 Å². The number of benzene rings is 1. The maximum atomic E-state index is 12.4. The van der Waals surface area contributed by atoms with Gasteiger partial charge in [-0.15, -0.1) is 0 Å². The summed E-state index contributed by atoms with van der Waals surface area (Å²) < 4.78 is 0. The molecule has 6 nitrogen and oxygen atoms in total. The van der Waals surface area contributed by atoms with Crippen molar-refractivity contribution < 1.29 is 20.5 Å². The summed E-state index contributed by atoms with van der Waals surface area (Å²) in [5.41, 5.74) is 3.71. The fourth-order valence-electron chi connectivity index (χ4n) is 3.65. The summed E-state index contributed by atoms with van der Waals surface area (Å²) >= 11 is 0. The van der Waals surface area contributed by atoms with E-state index in [-0.39, 0.29) is 46.4 Å². The molecule has 1 saturated carbocycles. The maximum absolute atomic E-state index is 12.4. The van der Waals surface area contributed by atoms with Gasteiger partial charge in [0, 0.05) is 0 Å². The lowest BCUT2D eigenvalue weighted by Crippen LogP contribution is -2.37. The summed E-state index contributed by atoms with van der Waals surface area (Å²) in [6.07, 6.45) is 5.16. The summed E-state index contributed by atoms with van der Waals surface area (Å²) in [5.74, 6) is 0.0897. The predicted octanol–water partition coefficient (Wildman–Crippen LogP) is 0.171. The molecule has 1 aromatic rings. The van der Waals surface area contributed by atoms with Crippen molar-refractivity contribution in [3.63, 3.8) is 0 Å². The largest absolute Gasteiger partial charge is 0.412 e. The molecule has 1 aromatic carbocycles. The van der Waals surface area contributed by atoms with Crippen LogP contribution in [0.15, 0.2) is 42.5 Å². The van der Waals surface area contributed by atoms with E-state index in [0.29, 0.717) is 0 Å². The molecule has 6 heteroatoms. The summed E-state index contributed by atoms with van der Waals surface area (Å²) in [7, 11) is 0. The Morgan fingerprint density at radius 3 is 1.95 bits per heavy atom. The van der Waals surface area contributed by atoms with Crippen LogP contribution < -0.4 is 5.43 Å². The first-order valence-electron chi connectivity index (χ1n) is 6.63. The van der Waals surface area contributed by atoms with Gasteiger partial charge in [-0.2, -0.15) is 5.01 Å². The SMILES string of the molecule is O.O.O=C1C2C3C=CC(C3)C2C(=O)N1Nc1ccccc1. The predicted molar refractivity (Wildman–Crippen MR) is 76.9 cm³/mol. The smallest absolute Gasteiger partial charge is 0.252 e. The Morgan fingerprint density at radius 2 is 1.43 bits per heavy atom. The molecule has 0 spiro atoms. The third-order valence-corrected chi connectivity index (χ3v) is 4.49. The highest BCUT2D eigenvalue weighted by atomic mass is 16.2. The van der Waals surface area contributed by atoms with Gasteiger partial charge < -0.3 is 11.0 Å². The zero-order valence-corrected chi connectivity index (χ0v) is 11.3. The minimum atomic E-state index is -0.140. The molecular weight excluding hydrogens is 272 g/mol. The number of hydrogen-bond acceptors (Lipinski definition) is 3. The lowest BCUT2D eigenvalue weighted by Gasteiger charge is -2.19. The van der Waals surface area contributed by atoms with Gasteiger partial charge in [-0.05, 0) is 30.4 Å². The topological polar surface area (TPSA) is 112 Å². The third-order valence-electron chi connectivity index (χ3n) is 4.49. The van der Waals surface area contributed by atoms with Crippen LogP contribution in [0.25, 0.3) is 0 Å². The number of para-hydroxylation sites is 1. The van der Waals surface area contributed by atoms with E-state index < -0.39 is 0 Å². The van der Waals surface area contributed by atoms with Crippen LogP contribution in [-0.4, -0.2) is 27.8 Å². The minimum Gasteiger partial charge on any atom is -0.412 e. The number of hydrazine groups is 1. The van der Waals surface area contributed by atoms with Gasteiger partial charge in [0.25, 0.3) is 11.8 Å². The molecule has 2 fully saturated rings. The van der Waals surface area contributed by atoms with Crippen LogP contribution in [-0.2, 0) is 9.59 Å². The summed E-state index contributed by atoms with van der Waals surface area (Å²) in [5, 5.41) is 1.22. The van der Waals surface area contributed by atoms with Crippen LogP contribution in [0.5, 0.6) is 0 Å². The first-order valence-corrected chi connectivity index (χ1v) is 6.63. The Morgan fingerprint density at radius 1 is 0.905 bits per heavy atom. The van der Waals surface area contributed by atoms with Crippen molar-refractivity contribution in [2.75, 3.05) is 5.43 Å². The Bertz CT molecular complexity index is 557. The molecule has 1 aliphatic heterocycles. The summed E-state index contributed by atoms with van der Waals surface area (Å²) in [6, 6.07) is 9.35. The number of carbonyl (C=O) groups is 2. The van der Waals surface area contributed by atoms with Crippen molar-refractivity contribution >= 4 is 17.5 Å². The Kier molecular flexibility index (Phi) is 3.85. The molecule has 1 saturated heterocycles. The zero-order chi connectivity index (χ0) is 13.0. The lowest BCUT2D eigenvalue weighted by atomic mass is 9.85. The van der Waals surface area contributed by atoms with Gasteiger partial charge >= 0.3 is 0 Å². The van der Waals surface area contributed by atoms with Crippen LogP contribution in [0, 0.1) is 23.7 Å². The lowest BCUT2D eigenvalue weighted by molar-refractivity contribution is -0.139. The van der Waals surface area contributed by atoms with Crippen molar-refractivity contribution in [1.82, 2.24) is 5.01 Å². The van der Waals surface area contributed by atoms with E-state index in [0.717, 1.165) is 12.1 Å². The summed E-state index contributed by atoms with van der Waals surface area (Å²) in [4.78, 5) is 24.8. The van der Waals surface area contributed by atoms with E-state index in [1.807, 2.05) is 30.3 Å². The second kappa shape index (κ2) is 5.31. The first-order chi connectivity index (χ1) is 9.25. The number of allylic oxidation sites excluding steroid dienone is 2. The van der Waals surface area contributed by atoms with Crippen molar-refractivity contribution in [2.24, 2.45) is 23.7 Å². The molecule has 0 radical (unpaired) electrons. The number of anilines is 1. The highest BCUT2D eigenvalue weighted by Gasteiger charge is 2.59. The monoisotopic (exact) mass is 290 g/mol. The fraction of sp³-hybridized carbons (Fsp3) is 0.333. The van der Waals surface area contributed by atoms with Gasteiger partial charge in [0.2, 0.25) is 0 Å². The van der Waals surface area contributed by atoms with Crippen molar-refractivity contribution in [1.29, 1.82) is 0 Å². The number of nitrogens with one attached hydrogen (secondary N) is 1. The van der Waals surface area contributed by atoms with Crippen molar-refractivity contribution in [3.05, 3.63) is 42.5 Å². The average molecular weight is 290 g/mol. The van der Waals surface area contributed by atoms with Gasteiger partial charge in [0.05, 0.1) is 17.5 Å². The number of fused-ring (bicyclic) bond motifs is 5. The zero-order valence-electron chi connectivity index (χ0n) is 11.3. The van der Waals surface area contributed by atoms with Gasteiger partial charge in [0.15, 0.2) is 0 Å². The van der Waals surface area contributed by atoms with Gasteiger partial charge in [-0.1, -0.05) is 30.4 Å². The molecule has 5 N–H and O–H groups in total. The number of amides is 2. The molecule has 4 unspecified atom stereocenters. The molecular formula is C15H18N2O4. The quantitative estimate of drug-likeness (QED) is 0.618. The molecule has 2 bridgehead atoms. The first kappa shape index (κ1) is 15.2. The number of carbonyl (C=O) groups excluding carboxylic acids is 2. The second-order valence-corrected chi connectivity index (χ2v) is 5.49. The normalized spacial score (nSPS) is 31.7. The van der Waals surface area contributed by atoms with E-state index in [4.69, 9.17) is 0 Å². The van der Waals surface area contributed by atoms with Gasteiger partial charge in [-0.3, -0.25) is 15.0 Å². The van der Waals surface area contributed by atoms with Crippen LogP contribution in [0.1, 0.15) is 6.42 Å². The number of hydrogen-bond donors (Lipinski definition) is 1. The highest BCUT2D eigenvalue weighted by molar-refractivity contribution is 6.07. The molecule has 4 atom stereocenters. The third kappa shape index (κ3) is 2.03. The molecule has 1 heterocycles. The summed E-state index contributed by atoms with van der Waals surface area (Å²) in [6.45, 7) is 0. The number of rotatable bonds is 2. The van der Waals surface area contributed by atoms with E-state index in [1.165, 1.54) is 5.01 Å². The molecule has 3 aliphatic rings. The molecule has 0 aromatic heterocycles. The standard InChI is InChI=1S/C15H14N2O2.2H2O/c18-14-12-9-6-7-10(8-9)13(12)15(19)17(14)16-11-4-2-1-3-5-11;;/h1-7,9-10,12-13,16H,8H2;2*1H2. The Labute approximate surface area is 122 Å². The Hall–Kier alpha value is -2.18. The van der Waals surface area contributed by atoms with Crippen LogP contribution >= 0.6 is 0 Å². The van der Waals surface area contributed by atoms with Crippen LogP contribution in [0.2, 0.25) is 0 Å². The Balaban J connectivity index is 0.000000807. The van der Waals surface area contributed by atoms with E-state index in [2.05, 4.69) is 17.6 Å². The van der Waals surface area contributed by atoms with Crippen LogP contribution in [0.3, 0.4) is 0 Å². The molecule has 4 rings (SSSR count). The van der Waals surface area contributed by atoms with E-state index in [1.54, 1.807) is 0 Å². The van der Waals surface area contributed by atoms with Gasteiger partial charge in [-0.25, -0.2) is 0 Å². The number of imide groups is 1. The molecule has 2 amide bonds. The fourth-order valence-corrected chi connectivity index (χ4v) is 3.65. The highest BCUT2D eigenvalue weighted by Crippen LogP contribution is 2.52. The van der Waals surface area contributed by atoms with Gasteiger partial charge in [0.1, 0.15) is 0 Å². The average Bonchev–Trinajstić information content (AvgIpc) is 3.10. The molecule has 112 valence electrons. The number of nitrogens with zero attached hydrogens (tertiary/aromatic N) is 1. The van der Waals surface area contributed by atoms with Crippen molar-refractivity contribution in [2.45, 2.75) is 6.42 Å².